The second kappa shape index (κ2) is 11.6. The topological polar surface area (TPSA) is 97.7 Å². The van der Waals surface area contributed by atoms with Gasteiger partial charge in [0.25, 0.3) is 5.91 Å². The Morgan fingerprint density at radius 1 is 1.00 bits per heavy atom. The molecule has 3 aromatic carbocycles. The molecule has 0 aliphatic rings. The molecule has 0 aliphatic heterocycles. The van der Waals surface area contributed by atoms with Crippen molar-refractivity contribution < 1.29 is 22.7 Å². The van der Waals surface area contributed by atoms with Crippen LogP contribution in [-0.2, 0) is 21.2 Å². The molecule has 0 saturated heterocycles. The highest BCUT2D eigenvalue weighted by atomic mass is 35.5. The number of aromatic nitrogens is 1. The van der Waals surface area contributed by atoms with Gasteiger partial charge in [-0.1, -0.05) is 31.5 Å². The molecule has 1 amide bonds. The minimum atomic E-state index is -3.68. The number of benzene rings is 3. The second-order valence-corrected chi connectivity index (χ2v) is 11.3. The monoisotopic (exact) mass is 567 g/mol. The highest BCUT2D eigenvalue weighted by molar-refractivity contribution is 7.89. The number of nitrogens with one attached hydrogen (secondary N) is 1. The summed E-state index contributed by atoms with van der Waals surface area (Å²) in [5, 5.41) is 4.05. The third-order valence-electron chi connectivity index (χ3n) is 6.63. The Kier molecular flexibility index (Phi) is 8.44. The number of methoxy groups -OCH3 is 1. The fourth-order valence-electron chi connectivity index (χ4n) is 4.61. The Morgan fingerprint density at radius 3 is 2.33 bits per heavy atom. The van der Waals surface area contributed by atoms with Crippen molar-refractivity contribution in [3.63, 3.8) is 0 Å². The van der Waals surface area contributed by atoms with Crippen LogP contribution in [0.25, 0.3) is 10.9 Å². The van der Waals surface area contributed by atoms with Crippen LogP contribution in [0.2, 0.25) is 5.02 Å². The first-order valence-electron chi connectivity index (χ1n) is 12.5. The summed E-state index contributed by atoms with van der Waals surface area (Å²) >= 11 is 6.00. The number of rotatable bonds is 9. The summed E-state index contributed by atoms with van der Waals surface area (Å²) < 4.78 is 34.2. The van der Waals surface area contributed by atoms with E-state index in [9.17, 15) is 18.0 Å². The summed E-state index contributed by atoms with van der Waals surface area (Å²) in [6.07, 6.45) is -0.0383. The number of carbonyl (C=O) groups excluding carboxylic acids is 2. The number of sulfonamides is 1. The molecular formula is C29H30ClN3O5S. The first-order valence-corrected chi connectivity index (χ1v) is 14.3. The van der Waals surface area contributed by atoms with E-state index in [-0.39, 0.29) is 23.1 Å². The minimum absolute atomic E-state index is 0.0383. The number of halogens is 1. The van der Waals surface area contributed by atoms with Crippen LogP contribution in [0.3, 0.4) is 0 Å². The van der Waals surface area contributed by atoms with E-state index in [2.05, 4.69) is 5.32 Å². The van der Waals surface area contributed by atoms with Gasteiger partial charge in [0.15, 0.2) is 0 Å². The summed E-state index contributed by atoms with van der Waals surface area (Å²) in [6.45, 7) is 6.03. The smallest absolute Gasteiger partial charge is 0.262 e. The molecule has 0 aliphatic carbocycles. The van der Waals surface area contributed by atoms with Gasteiger partial charge in [0.1, 0.15) is 5.75 Å². The SMILES string of the molecule is CCN(CC)S(=O)(=O)c1cccc(NC(=O)Cc2c(C)n(C(=O)c3ccc(Cl)cc3)c3ccc(OC)cc23)c1. The number of fused-ring (bicyclic) bond motifs is 1. The van der Waals surface area contributed by atoms with Crippen LogP contribution >= 0.6 is 11.6 Å². The van der Waals surface area contributed by atoms with E-state index in [1.165, 1.54) is 16.4 Å². The average molecular weight is 568 g/mol. The van der Waals surface area contributed by atoms with Crippen molar-refractivity contribution in [3.05, 3.63) is 88.6 Å². The second-order valence-electron chi connectivity index (χ2n) is 8.94. The summed E-state index contributed by atoms with van der Waals surface area (Å²) in [6, 6.07) is 18.2. The van der Waals surface area contributed by atoms with E-state index in [0.717, 1.165) is 0 Å². The zero-order valence-corrected chi connectivity index (χ0v) is 23.8. The zero-order valence-electron chi connectivity index (χ0n) is 22.2. The van der Waals surface area contributed by atoms with Crippen molar-refractivity contribution in [3.8, 4) is 5.75 Å². The van der Waals surface area contributed by atoms with Crippen LogP contribution in [0, 0.1) is 6.92 Å². The Morgan fingerprint density at radius 2 is 1.69 bits per heavy atom. The number of nitrogens with zero attached hydrogens (tertiary/aromatic N) is 2. The maximum Gasteiger partial charge on any atom is 0.262 e. The molecule has 39 heavy (non-hydrogen) atoms. The molecule has 0 fully saturated rings. The van der Waals surface area contributed by atoms with Crippen molar-refractivity contribution in [1.82, 2.24) is 8.87 Å². The Hall–Kier alpha value is -3.66. The van der Waals surface area contributed by atoms with E-state index < -0.39 is 10.0 Å². The number of hydrogen-bond acceptors (Lipinski definition) is 5. The first kappa shape index (κ1) is 28.4. The molecule has 4 aromatic rings. The van der Waals surface area contributed by atoms with Crippen molar-refractivity contribution >= 4 is 50.0 Å². The third-order valence-corrected chi connectivity index (χ3v) is 8.93. The third kappa shape index (κ3) is 5.71. The van der Waals surface area contributed by atoms with Crippen molar-refractivity contribution in [1.29, 1.82) is 0 Å². The molecule has 0 radical (unpaired) electrons. The van der Waals surface area contributed by atoms with E-state index in [1.54, 1.807) is 87.0 Å². The van der Waals surface area contributed by atoms with Crippen LogP contribution in [0.1, 0.15) is 35.5 Å². The molecule has 0 atom stereocenters. The van der Waals surface area contributed by atoms with Gasteiger partial charge in [-0.05, 0) is 73.2 Å². The standard InChI is InChI=1S/C29H30ClN3O5S/c1-5-32(6-2)39(36,37)24-9-7-8-22(16-24)31-28(34)18-25-19(3)33(27-15-14-23(38-4)17-26(25)27)29(35)20-10-12-21(30)13-11-20/h7-17H,5-6,18H2,1-4H3,(H,31,34). The zero-order chi connectivity index (χ0) is 28.3. The fourth-order valence-corrected chi connectivity index (χ4v) is 6.24. The number of anilines is 1. The molecule has 0 saturated carbocycles. The Bertz CT molecular complexity index is 1640. The predicted molar refractivity (Wildman–Crippen MR) is 153 cm³/mol. The predicted octanol–water partition coefficient (Wildman–Crippen LogP) is 5.51. The summed E-state index contributed by atoms with van der Waals surface area (Å²) in [7, 11) is -2.13. The lowest BCUT2D eigenvalue weighted by atomic mass is 10.1. The fraction of sp³-hybridized carbons (Fsp3) is 0.241. The Balaban J connectivity index is 1.68. The van der Waals surface area contributed by atoms with E-state index in [0.29, 0.717) is 57.3 Å². The maximum atomic E-state index is 13.5. The van der Waals surface area contributed by atoms with Gasteiger partial charge in [-0.15, -0.1) is 0 Å². The molecule has 0 bridgehead atoms. The molecule has 204 valence electrons. The van der Waals surface area contributed by atoms with Gasteiger partial charge in [0.2, 0.25) is 15.9 Å². The molecule has 0 spiro atoms. The van der Waals surface area contributed by atoms with Gasteiger partial charge in [-0.3, -0.25) is 14.2 Å². The number of ether oxygens (including phenoxy) is 1. The van der Waals surface area contributed by atoms with Crippen molar-refractivity contribution in [2.75, 3.05) is 25.5 Å². The highest BCUT2D eigenvalue weighted by Crippen LogP contribution is 2.31. The number of hydrogen-bond donors (Lipinski definition) is 1. The van der Waals surface area contributed by atoms with Crippen LogP contribution in [-0.4, -0.2) is 49.3 Å². The van der Waals surface area contributed by atoms with E-state index in [1.807, 2.05) is 0 Å². The summed E-state index contributed by atoms with van der Waals surface area (Å²) in [4.78, 5) is 26.8. The van der Waals surface area contributed by atoms with Crippen molar-refractivity contribution in [2.24, 2.45) is 0 Å². The molecule has 8 nitrogen and oxygen atoms in total. The molecule has 0 unspecified atom stereocenters. The van der Waals surface area contributed by atoms with Crippen molar-refractivity contribution in [2.45, 2.75) is 32.1 Å². The molecule has 1 aromatic heterocycles. The summed E-state index contributed by atoms with van der Waals surface area (Å²) in [5.41, 5.74) is 2.74. The van der Waals surface area contributed by atoms with Crippen LogP contribution in [0.15, 0.2) is 71.6 Å². The molecule has 1 heterocycles. The maximum absolute atomic E-state index is 13.5. The van der Waals surface area contributed by atoms with E-state index in [4.69, 9.17) is 16.3 Å². The molecule has 10 heteroatoms. The Labute approximate surface area is 233 Å². The molecule has 4 rings (SSSR count). The van der Waals surface area contributed by atoms with Gasteiger partial charge < -0.3 is 10.1 Å². The number of carbonyl (C=O) groups is 2. The van der Waals surface area contributed by atoms with Gasteiger partial charge in [0.05, 0.1) is 23.9 Å². The minimum Gasteiger partial charge on any atom is -0.497 e. The van der Waals surface area contributed by atoms with Crippen LogP contribution in [0.5, 0.6) is 5.75 Å². The lowest BCUT2D eigenvalue weighted by Gasteiger charge is -2.18. The average Bonchev–Trinajstić information content (AvgIpc) is 3.19. The first-order chi connectivity index (χ1) is 18.6. The lowest BCUT2D eigenvalue weighted by molar-refractivity contribution is -0.115. The van der Waals surface area contributed by atoms with Gasteiger partial charge >= 0.3 is 0 Å². The van der Waals surface area contributed by atoms with Gasteiger partial charge in [-0.25, -0.2) is 8.42 Å². The summed E-state index contributed by atoms with van der Waals surface area (Å²) in [5.74, 6) is -0.00818. The molecule has 1 N–H and O–H groups in total. The van der Waals surface area contributed by atoms with Gasteiger partial charge in [0, 0.05) is 40.4 Å². The highest BCUT2D eigenvalue weighted by Gasteiger charge is 2.24. The molecular weight excluding hydrogens is 538 g/mol. The number of amides is 1. The quantitative estimate of drug-likeness (QED) is 0.287. The van der Waals surface area contributed by atoms with Gasteiger partial charge in [-0.2, -0.15) is 4.31 Å². The van der Waals surface area contributed by atoms with E-state index >= 15 is 0 Å². The normalized spacial score (nSPS) is 11.6. The largest absolute Gasteiger partial charge is 0.497 e. The van der Waals surface area contributed by atoms with Crippen LogP contribution < -0.4 is 10.1 Å². The lowest BCUT2D eigenvalue weighted by Crippen LogP contribution is -2.30. The van der Waals surface area contributed by atoms with Crippen LogP contribution in [0.4, 0.5) is 5.69 Å².